The summed E-state index contributed by atoms with van der Waals surface area (Å²) >= 11 is 0. The molecule has 3 aromatic rings. The predicted octanol–water partition coefficient (Wildman–Crippen LogP) is 3.20. The van der Waals surface area contributed by atoms with E-state index in [0.717, 1.165) is 19.3 Å². The number of hydrogen-bond acceptors (Lipinski definition) is 6. The molecule has 160 valence electrons. The molecule has 2 aromatic heterocycles. The number of aromatic amines is 1. The number of aromatic nitrogens is 3. The van der Waals surface area contributed by atoms with E-state index in [1.165, 1.54) is 6.07 Å². The van der Waals surface area contributed by atoms with Crippen molar-refractivity contribution in [1.29, 1.82) is 0 Å². The molecular weight excluding hydrogens is 399 g/mol. The summed E-state index contributed by atoms with van der Waals surface area (Å²) in [6.07, 6.45) is 3.50. The van der Waals surface area contributed by atoms with Gasteiger partial charge in [-0.3, -0.25) is 4.79 Å². The number of hydrogen-bond donors (Lipinski definition) is 3. The third kappa shape index (κ3) is 4.03. The molecule has 1 aromatic carbocycles. The van der Waals surface area contributed by atoms with Crippen LogP contribution in [0.15, 0.2) is 53.5 Å². The van der Waals surface area contributed by atoms with Crippen LogP contribution in [0, 0.1) is 0 Å². The van der Waals surface area contributed by atoms with Crippen LogP contribution in [0.4, 0.5) is 4.39 Å². The fraction of sp³-hybridized carbons (Fsp3) is 0.348. The van der Waals surface area contributed by atoms with Gasteiger partial charge in [-0.25, -0.2) is 4.39 Å². The normalized spacial score (nSPS) is 25.2. The highest BCUT2D eigenvalue weighted by molar-refractivity contribution is 5.74. The van der Waals surface area contributed by atoms with Gasteiger partial charge in [0.05, 0.1) is 5.69 Å². The monoisotopic (exact) mass is 422 g/mol. The Kier molecular flexibility index (Phi) is 5.15. The summed E-state index contributed by atoms with van der Waals surface area (Å²) in [5, 5.41) is 22.1. The number of phenols is 1. The molecule has 4 atom stereocenters. The van der Waals surface area contributed by atoms with Gasteiger partial charge >= 0.3 is 0 Å². The van der Waals surface area contributed by atoms with Gasteiger partial charge in [0.2, 0.25) is 11.4 Å². The van der Waals surface area contributed by atoms with Crippen molar-refractivity contribution in [3.05, 3.63) is 59.0 Å². The average molecular weight is 422 g/mol. The number of alkyl halides is 1. The van der Waals surface area contributed by atoms with Gasteiger partial charge in [-0.2, -0.15) is 0 Å². The lowest BCUT2D eigenvalue weighted by Gasteiger charge is -2.42. The van der Waals surface area contributed by atoms with Crippen molar-refractivity contribution >= 4 is 0 Å². The van der Waals surface area contributed by atoms with Gasteiger partial charge in [-0.15, -0.1) is 10.2 Å². The van der Waals surface area contributed by atoms with Crippen molar-refractivity contribution < 1.29 is 14.2 Å². The maximum atomic E-state index is 14.7. The Morgan fingerprint density at radius 3 is 2.71 bits per heavy atom. The summed E-state index contributed by atoms with van der Waals surface area (Å²) in [5.74, 6) is 0.298. The van der Waals surface area contributed by atoms with Crippen LogP contribution in [0.3, 0.4) is 0 Å². The fourth-order valence-corrected chi connectivity index (χ4v) is 4.51. The molecule has 0 saturated carbocycles. The van der Waals surface area contributed by atoms with Crippen molar-refractivity contribution in [2.75, 3.05) is 0 Å². The number of phenolic OH excluding ortho intramolecular Hbond substituents is 1. The number of pyridine rings is 1. The number of nitrogens with one attached hydrogen (secondary N) is 2. The molecule has 0 aliphatic carbocycles. The third-order valence-electron chi connectivity index (χ3n) is 6.07. The lowest BCUT2D eigenvalue weighted by atomic mass is 9.84. The molecule has 2 saturated heterocycles. The summed E-state index contributed by atoms with van der Waals surface area (Å²) in [7, 11) is 0. The van der Waals surface area contributed by atoms with Crippen LogP contribution in [0.5, 0.6) is 11.6 Å². The summed E-state index contributed by atoms with van der Waals surface area (Å²) in [4.78, 5) is 14.1. The van der Waals surface area contributed by atoms with Crippen LogP contribution in [-0.4, -0.2) is 44.6 Å². The second-order valence-corrected chi connectivity index (χ2v) is 8.17. The van der Waals surface area contributed by atoms with Gasteiger partial charge in [0, 0.05) is 42.4 Å². The van der Waals surface area contributed by atoms with E-state index in [9.17, 15) is 14.3 Å². The first kappa shape index (κ1) is 19.7. The number of halogens is 1. The minimum Gasteiger partial charge on any atom is -0.507 e. The molecule has 2 bridgehead atoms. The number of rotatable bonds is 4. The largest absolute Gasteiger partial charge is 0.507 e. The van der Waals surface area contributed by atoms with Crippen LogP contribution in [0.2, 0.25) is 0 Å². The third-order valence-corrected chi connectivity index (χ3v) is 6.07. The second kappa shape index (κ2) is 8.11. The van der Waals surface area contributed by atoms with E-state index in [0.29, 0.717) is 34.8 Å². The molecule has 0 radical (unpaired) electrons. The SMILES string of the molecule is O=c1cc(-c2ccc(-c3ccc(O[C@H]4CC5CCCC(N5)[C@H]4F)nn3)c(O)c2)cc[nH]1. The Balaban J connectivity index is 1.32. The summed E-state index contributed by atoms with van der Waals surface area (Å²) < 4.78 is 20.5. The predicted molar refractivity (Wildman–Crippen MR) is 114 cm³/mol. The number of nitrogens with zero attached hydrogens (tertiary/aromatic N) is 2. The lowest BCUT2D eigenvalue weighted by molar-refractivity contribution is 0.00652. The first-order valence-corrected chi connectivity index (χ1v) is 10.5. The van der Waals surface area contributed by atoms with E-state index < -0.39 is 12.3 Å². The number of piperidine rings is 2. The Bertz CT molecular complexity index is 1130. The maximum absolute atomic E-state index is 14.7. The topological polar surface area (TPSA) is 100 Å². The first-order valence-electron chi connectivity index (χ1n) is 10.5. The second-order valence-electron chi connectivity index (χ2n) is 8.17. The van der Waals surface area contributed by atoms with Gasteiger partial charge in [0.15, 0.2) is 6.17 Å². The molecule has 0 spiro atoms. The van der Waals surface area contributed by atoms with Crippen molar-refractivity contribution in [3.63, 3.8) is 0 Å². The molecule has 0 amide bonds. The van der Waals surface area contributed by atoms with Crippen molar-refractivity contribution in [3.8, 4) is 34.0 Å². The fourth-order valence-electron chi connectivity index (χ4n) is 4.51. The van der Waals surface area contributed by atoms with Crippen LogP contribution in [0.25, 0.3) is 22.4 Å². The Morgan fingerprint density at radius 2 is 1.94 bits per heavy atom. The van der Waals surface area contributed by atoms with Crippen LogP contribution in [0.1, 0.15) is 25.7 Å². The van der Waals surface area contributed by atoms with Gasteiger partial charge in [0.25, 0.3) is 0 Å². The molecule has 2 unspecified atom stereocenters. The van der Waals surface area contributed by atoms with E-state index in [1.807, 2.05) is 0 Å². The number of H-pyrrole nitrogens is 1. The van der Waals surface area contributed by atoms with E-state index in [-0.39, 0.29) is 23.2 Å². The Morgan fingerprint density at radius 1 is 1.06 bits per heavy atom. The van der Waals surface area contributed by atoms with E-state index in [2.05, 4.69) is 20.5 Å². The molecular formula is C23H23FN4O3. The molecule has 5 rings (SSSR count). The van der Waals surface area contributed by atoms with Crippen molar-refractivity contribution in [1.82, 2.24) is 20.5 Å². The molecule has 4 heterocycles. The van der Waals surface area contributed by atoms with Crippen LogP contribution < -0.4 is 15.6 Å². The van der Waals surface area contributed by atoms with Crippen molar-refractivity contribution in [2.24, 2.45) is 0 Å². The van der Waals surface area contributed by atoms with Gasteiger partial charge in [-0.05, 0) is 48.2 Å². The standard InChI is InChI=1S/C23H23FN4O3/c24-23-18-3-1-2-15(26-18)12-20(23)31-22-7-6-17(27-28-22)16-5-4-13(10-19(16)29)14-8-9-25-21(30)11-14/h4-11,15,18,20,23,26,29H,1-3,12H2,(H,25,30)/t15?,18?,20-,23+/m0/s1. The lowest BCUT2D eigenvalue weighted by Crippen LogP contribution is -2.59. The summed E-state index contributed by atoms with van der Waals surface area (Å²) in [6.45, 7) is 0. The average Bonchev–Trinajstić information content (AvgIpc) is 2.78. The quantitative estimate of drug-likeness (QED) is 0.597. The zero-order valence-corrected chi connectivity index (χ0v) is 16.8. The highest BCUT2D eigenvalue weighted by Crippen LogP contribution is 2.33. The van der Waals surface area contributed by atoms with Gasteiger partial charge in [-0.1, -0.05) is 12.5 Å². The molecule has 3 N–H and O–H groups in total. The van der Waals surface area contributed by atoms with Gasteiger partial charge in [0.1, 0.15) is 11.9 Å². The number of aromatic hydroxyl groups is 1. The molecule has 2 aliphatic rings. The summed E-state index contributed by atoms with van der Waals surface area (Å²) in [6, 6.07) is 11.8. The Labute approximate surface area is 178 Å². The van der Waals surface area contributed by atoms with Crippen LogP contribution >= 0.6 is 0 Å². The zero-order chi connectivity index (χ0) is 21.4. The molecule has 7 nitrogen and oxygen atoms in total. The van der Waals surface area contributed by atoms with E-state index in [1.54, 1.807) is 42.6 Å². The zero-order valence-electron chi connectivity index (χ0n) is 16.8. The number of benzene rings is 1. The maximum Gasteiger partial charge on any atom is 0.248 e. The highest BCUT2D eigenvalue weighted by atomic mass is 19.1. The Hall–Kier alpha value is -3.26. The van der Waals surface area contributed by atoms with Gasteiger partial charge < -0.3 is 20.1 Å². The van der Waals surface area contributed by atoms with Crippen molar-refractivity contribution in [2.45, 2.75) is 50.0 Å². The molecule has 31 heavy (non-hydrogen) atoms. The number of fused-ring (bicyclic) bond motifs is 2. The number of ether oxygens (including phenoxy) is 1. The van der Waals surface area contributed by atoms with E-state index >= 15 is 0 Å². The highest BCUT2D eigenvalue weighted by Gasteiger charge is 2.41. The minimum absolute atomic E-state index is 0.0238. The summed E-state index contributed by atoms with van der Waals surface area (Å²) in [5.41, 5.74) is 2.18. The minimum atomic E-state index is -1.07. The molecule has 8 heteroatoms. The molecule has 2 fully saturated rings. The molecule has 2 aliphatic heterocycles. The smallest absolute Gasteiger partial charge is 0.248 e. The first-order chi connectivity index (χ1) is 15.1. The van der Waals surface area contributed by atoms with E-state index in [4.69, 9.17) is 4.74 Å². The van der Waals surface area contributed by atoms with Crippen LogP contribution in [-0.2, 0) is 0 Å².